The van der Waals surface area contributed by atoms with Crippen LogP contribution >= 0.6 is 11.3 Å². The summed E-state index contributed by atoms with van der Waals surface area (Å²) >= 11 is 1.12. The molecule has 1 amide bonds. The van der Waals surface area contributed by atoms with Crippen LogP contribution in [0.5, 0.6) is 0 Å². The van der Waals surface area contributed by atoms with Crippen molar-refractivity contribution < 1.29 is 17.7 Å². The maximum Gasteiger partial charge on any atom is 0.252 e. The highest BCUT2D eigenvalue weighted by Gasteiger charge is 2.34. The van der Waals surface area contributed by atoms with E-state index >= 15 is 0 Å². The Bertz CT molecular complexity index is 1120. The molecule has 0 saturated carbocycles. The number of aromatic nitrogens is 2. The molecule has 0 spiro atoms. The molecule has 30 heavy (non-hydrogen) atoms. The van der Waals surface area contributed by atoms with Gasteiger partial charge in [-0.25, -0.2) is 8.42 Å². The van der Waals surface area contributed by atoms with E-state index in [1.807, 2.05) is 37.3 Å². The second kappa shape index (κ2) is 8.66. The van der Waals surface area contributed by atoms with Gasteiger partial charge in [0.05, 0.1) is 5.92 Å². The molecule has 1 fully saturated rings. The lowest BCUT2D eigenvalue weighted by molar-refractivity contribution is -0.120. The number of hydrogen-bond donors (Lipinski definition) is 1. The second-order valence-electron chi connectivity index (χ2n) is 7.08. The van der Waals surface area contributed by atoms with Crippen molar-refractivity contribution >= 4 is 33.0 Å². The fraction of sp³-hybridized carbons (Fsp3) is 0.350. The van der Waals surface area contributed by atoms with Gasteiger partial charge < -0.3 is 9.84 Å². The highest BCUT2D eigenvalue weighted by molar-refractivity contribution is 7.91. The first-order chi connectivity index (χ1) is 14.5. The van der Waals surface area contributed by atoms with Crippen molar-refractivity contribution in [1.82, 2.24) is 14.4 Å². The van der Waals surface area contributed by atoms with Crippen LogP contribution in [0.2, 0.25) is 0 Å². The van der Waals surface area contributed by atoms with Crippen molar-refractivity contribution in [2.24, 2.45) is 5.92 Å². The van der Waals surface area contributed by atoms with Crippen LogP contribution in [0.15, 0.2) is 50.5 Å². The Morgan fingerprint density at radius 3 is 2.87 bits per heavy atom. The van der Waals surface area contributed by atoms with Gasteiger partial charge in [-0.05, 0) is 31.0 Å². The molecule has 0 bridgehead atoms. The maximum absolute atomic E-state index is 13.2. The molecule has 8 nitrogen and oxygen atoms in total. The summed E-state index contributed by atoms with van der Waals surface area (Å²) in [6, 6.07) is 10.7. The number of hydrogen-bond acceptors (Lipinski definition) is 7. The normalized spacial score (nSPS) is 17.7. The first kappa shape index (κ1) is 20.7. The van der Waals surface area contributed by atoms with Crippen LogP contribution < -0.4 is 5.32 Å². The summed E-state index contributed by atoms with van der Waals surface area (Å²) in [6.07, 6.45) is 1.90. The summed E-state index contributed by atoms with van der Waals surface area (Å²) in [6.45, 7) is 2.46. The number of para-hydroxylation sites is 1. The Morgan fingerprint density at radius 2 is 2.13 bits per heavy atom. The number of thiophene rings is 1. The van der Waals surface area contributed by atoms with E-state index < -0.39 is 15.9 Å². The Morgan fingerprint density at radius 1 is 1.33 bits per heavy atom. The zero-order valence-electron chi connectivity index (χ0n) is 16.4. The first-order valence-corrected chi connectivity index (χ1v) is 12.1. The molecule has 4 rings (SSSR count). The molecule has 158 valence electrons. The number of nitrogens with zero attached hydrogens (tertiary/aromatic N) is 3. The van der Waals surface area contributed by atoms with Crippen LogP contribution in [-0.4, -0.2) is 41.9 Å². The average molecular weight is 447 g/mol. The smallest absolute Gasteiger partial charge is 0.252 e. The SMILES string of the molecule is CCc1nc(-c2csc(S(=O)(=O)N3CCCC(C(=O)Nc4ccccc4)C3)c2)no1. The summed E-state index contributed by atoms with van der Waals surface area (Å²) in [5.41, 5.74) is 1.31. The van der Waals surface area contributed by atoms with Gasteiger partial charge in [-0.15, -0.1) is 11.3 Å². The van der Waals surface area contributed by atoms with Crippen molar-refractivity contribution in [2.75, 3.05) is 18.4 Å². The molecule has 1 atom stereocenters. The molecule has 1 aliphatic heterocycles. The molecule has 10 heteroatoms. The van der Waals surface area contributed by atoms with Crippen molar-refractivity contribution in [3.63, 3.8) is 0 Å². The number of aryl methyl sites for hydroxylation is 1. The zero-order chi connectivity index (χ0) is 21.1. The van der Waals surface area contributed by atoms with Crippen molar-refractivity contribution in [3.05, 3.63) is 47.7 Å². The van der Waals surface area contributed by atoms with E-state index in [4.69, 9.17) is 4.52 Å². The number of carbonyl (C=O) groups excluding carboxylic acids is 1. The Balaban J connectivity index is 1.48. The molecule has 1 aromatic carbocycles. The molecular formula is C20H22N4O4S2. The Kier molecular flexibility index (Phi) is 5.98. The molecule has 1 unspecified atom stereocenters. The number of rotatable bonds is 6. The summed E-state index contributed by atoms with van der Waals surface area (Å²) in [5.74, 6) is 0.330. The van der Waals surface area contributed by atoms with E-state index in [2.05, 4.69) is 15.5 Å². The summed E-state index contributed by atoms with van der Waals surface area (Å²) in [4.78, 5) is 16.9. The maximum atomic E-state index is 13.2. The average Bonchev–Trinajstić information content (AvgIpc) is 3.44. The first-order valence-electron chi connectivity index (χ1n) is 9.75. The minimum atomic E-state index is -3.70. The number of benzene rings is 1. The highest BCUT2D eigenvalue weighted by Crippen LogP contribution is 2.31. The van der Waals surface area contributed by atoms with Gasteiger partial charge in [-0.2, -0.15) is 9.29 Å². The number of sulfonamides is 1. The lowest BCUT2D eigenvalue weighted by Crippen LogP contribution is -2.43. The van der Waals surface area contributed by atoms with E-state index in [0.717, 1.165) is 11.3 Å². The van der Waals surface area contributed by atoms with Crippen molar-refractivity contribution in [3.8, 4) is 11.4 Å². The summed E-state index contributed by atoms with van der Waals surface area (Å²) < 4.78 is 33.0. The lowest BCUT2D eigenvalue weighted by Gasteiger charge is -2.30. The van der Waals surface area contributed by atoms with Crippen LogP contribution in [0.4, 0.5) is 5.69 Å². The Hall–Kier alpha value is -2.56. The third-order valence-corrected chi connectivity index (χ3v) is 8.27. The van der Waals surface area contributed by atoms with Gasteiger partial charge in [-0.3, -0.25) is 4.79 Å². The van der Waals surface area contributed by atoms with Crippen LogP contribution in [0.1, 0.15) is 25.7 Å². The molecule has 0 radical (unpaired) electrons. The summed E-state index contributed by atoms with van der Waals surface area (Å²) in [5, 5.41) is 8.48. The number of carbonyl (C=O) groups is 1. The van der Waals surface area contributed by atoms with E-state index in [1.54, 1.807) is 11.4 Å². The zero-order valence-corrected chi connectivity index (χ0v) is 18.1. The van der Waals surface area contributed by atoms with Crippen LogP contribution in [0.25, 0.3) is 11.4 Å². The molecule has 1 N–H and O–H groups in total. The quantitative estimate of drug-likeness (QED) is 0.622. The fourth-order valence-electron chi connectivity index (χ4n) is 3.35. The third kappa shape index (κ3) is 4.30. The van der Waals surface area contributed by atoms with Gasteiger partial charge >= 0.3 is 0 Å². The van der Waals surface area contributed by atoms with Gasteiger partial charge in [-0.1, -0.05) is 30.3 Å². The highest BCUT2D eigenvalue weighted by atomic mass is 32.2. The van der Waals surface area contributed by atoms with E-state index in [9.17, 15) is 13.2 Å². The Labute approximate surface area is 179 Å². The molecule has 3 aromatic rings. The second-order valence-corrected chi connectivity index (χ2v) is 10.2. The van der Waals surface area contributed by atoms with Crippen LogP contribution in [-0.2, 0) is 21.2 Å². The monoisotopic (exact) mass is 446 g/mol. The van der Waals surface area contributed by atoms with E-state index in [0.29, 0.717) is 48.8 Å². The van der Waals surface area contributed by atoms with E-state index in [-0.39, 0.29) is 16.7 Å². The molecular weight excluding hydrogens is 424 g/mol. The van der Waals surface area contributed by atoms with Gasteiger partial charge in [0, 0.05) is 36.1 Å². The molecule has 0 aliphatic carbocycles. The standard InChI is InChI=1S/C20H22N4O4S2/c1-2-17-22-19(23-28-17)15-11-18(29-13-15)30(26,27)24-10-6-7-14(12-24)20(25)21-16-8-4-3-5-9-16/h3-5,8-9,11,13-14H,2,6-7,10,12H2,1H3,(H,21,25). The van der Waals surface area contributed by atoms with Gasteiger partial charge in [0.15, 0.2) is 0 Å². The summed E-state index contributed by atoms with van der Waals surface area (Å²) in [7, 11) is -3.70. The van der Waals surface area contributed by atoms with Gasteiger partial charge in [0.2, 0.25) is 17.6 Å². The lowest BCUT2D eigenvalue weighted by atomic mass is 9.99. The van der Waals surface area contributed by atoms with Gasteiger partial charge in [0.1, 0.15) is 4.21 Å². The topological polar surface area (TPSA) is 105 Å². The minimum absolute atomic E-state index is 0.160. The van der Waals surface area contributed by atoms with Crippen molar-refractivity contribution in [2.45, 2.75) is 30.4 Å². The fourth-order valence-corrected chi connectivity index (χ4v) is 6.19. The van der Waals surface area contributed by atoms with Crippen molar-refractivity contribution in [1.29, 1.82) is 0 Å². The molecule has 1 saturated heterocycles. The van der Waals surface area contributed by atoms with Gasteiger partial charge in [0.25, 0.3) is 10.0 Å². The van der Waals surface area contributed by atoms with Crippen LogP contribution in [0.3, 0.4) is 0 Å². The predicted molar refractivity (Wildman–Crippen MR) is 114 cm³/mol. The number of amides is 1. The molecule has 1 aliphatic rings. The molecule has 2 aromatic heterocycles. The minimum Gasteiger partial charge on any atom is -0.339 e. The number of anilines is 1. The molecule has 3 heterocycles. The van der Waals surface area contributed by atoms with Crippen LogP contribution in [0, 0.1) is 5.92 Å². The largest absolute Gasteiger partial charge is 0.339 e. The third-order valence-electron chi connectivity index (χ3n) is 4.99. The number of nitrogens with one attached hydrogen (secondary N) is 1. The van der Waals surface area contributed by atoms with E-state index in [1.165, 1.54) is 4.31 Å². The number of piperidine rings is 1. The predicted octanol–water partition coefficient (Wildman–Crippen LogP) is 3.40.